The second kappa shape index (κ2) is 7.81. The van der Waals surface area contributed by atoms with Gasteiger partial charge in [0.1, 0.15) is 5.82 Å². The monoisotopic (exact) mass is 350 g/mol. The molecule has 2 saturated heterocycles. The average molecular weight is 350 g/mol. The van der Waals surface area contributed by atoms with Gasteiger partial charge in [-0.25, -0.2) is 4.39 Å². The number of ether oxygens (including phenoxy) is 2. The number of halogens is 1. The van der Waals surface area contributed by atoms with Crippen LogP contribution in [-0.2, 0) is 19.7 Å². The quantitative estimate of drug-likeness (QED) is 0.848. The molecule has 1 amide bonds. The van der Waals surface area contributed by atoms with Crippen LogP contribution in [0.4, 0.5) is 4.39 Å². The lowest BCUT2D eigenvalue weighted by Gasteiger charge is -2.40. The van der Waals surface area contributed by atoms with Crippen molar-refractivity contribution >= 4 is 5.91 Å². The van der Waals surface area contributed by atoms with Crippen LogP contribution >= 0.6 is 0 Å². The van der Waals surface area contributed by atoms with E-state index in [1.165, 1.54) is 12.1 Å². The summed E-state index contributed by atoms with van der Waals surface area (Å²) in [6.07, 6.45) is 2.92. The molecule has 2 fully saturated rings. The number of amides is 1. The maximum absolute atomic E-state index is 13.3. The van der Waals surface area contributed by atoms with Gasteiger partial charge in [0.05, 0.1) is 5.41 Å². The maximum Gasteiger partial charge on any atom is 0.227 e. The summed E-state index contributed by atoms with van der Waals surface area (Å²) in [4.78, 5) is 12.9. The smallest absolute Gasteiger partial charge is 0.227 e. The zero-order valence-electron chi connectivity index (χ0n) is 14.6. The molecule has 25 heavy (non-hydrogen) atoms. The fourth-order valence-electron chi connectivity index (χ4n) is 3.86. The molecule has 0 bridgehead atoms. The Hall–Kier alpha value is -1.50. The summed E-state index contributed by atoms with van der Waals surface area (Å²) in [7, 11) is 0. The third-order valence-corrected chi connectivity index (χ3v) is 5.82. The Morgan fingerprint density at radius 1 is 1.04 bits per heavy atom. The normalized spacial score (nSPS) is 22.3. The molecule has 6 heteroatoms. The molecule has 5 nitrogen and oxygen atoms in total. The van der Waals surface area contributed by atoms with E-state index in [4.69, 9.17) is 15.2 Å². The predicted octanol–water partition coefficient (Wildman–Crippen LogP) is 1.75. The first kappa shape index (κ1) is 18.3. The first-order chi connectivity index (χ1) is 12.1. The molecule has 0 unspecified atom stereocenters. The van der Waals surface area contributed by atoms with Crippen LogP contribution in [0.1, 0.15) is 31.2 Å². The lowest BCUT2D eigenvalue weighted by atomic mass is 9.73. The fourth-order valence-corrected chi connectivity index (χ4v) is 3.86. The molecule has 2 aliphatic heterocycles. The van der Waals surface area contributed by atoms with Gasteiger partial charge < -0.3 is 20.5 Å². The van der Waals surface area contributed by atoms with E-state index in [-0.39, 0.29) is 17.1 Å². The number of hydrogen-bond acceptors (Lipinski definition) is 4. The second-order valence-electron chi connectivity index (χ2n) is 7.18. The highest BCUT2D eigenvalue weighted by Gasteiger charge is 2.41. The number of hydrogen-bond donors (Lipinski definition) is 2. The molecule has 2 aliphatic rings. The fraction of sp³-hybridized carbons (Fsp3) is 0.632. The van der Waals surface area contributed by atoms with Crippen LogP contribution < -0.4 is 11.1 Å². The lowest BCUT2D eigenvalue weighted by molar-refractivity contribution is -0.136. The van der Waals surface area contributed by atoms with Gasteiger partial charge >= 0.3 is 0 Å². The molecule has 0 radical (unpaired) electrons. The molecule has 0 spiro atoms. The largest absolute Gasteiger partial charge is 0.381 e. The van der Waals surface area contributed by atoms with E-state index in [0.29, 0.717) is 52.4 Å². The van der Waals surface area contributed by atoms with Crippen molar-refractivity contribution in [2.75, 3.05) is 39.5 Å². The van der Waals surface area contributed by atoms with Crippen molar-refractivity contribution in [3.8, 4) is 0 Å². The van der Waals surface area contributed by atoms with Crippen LogP contribution in [0.15, 0.2) is 24.3 Å². The van der Waals surface area contributed by atoms with E-state index in [1.54, 1.807) is 0 Å². The van der Waals surface area contributed by atoms with Gasteiger partial charge in [0.25, 0.3) is 0 Å². The van der Waals surface area contributed by atoms with Gasteiger partial charge in [0.15, 0.2) is 0 Å². The van der Waals surface area contributed by atoms with Crippen LogP contribution in [0.3, 0.4) is 0 Å². The van der Waals surface area contributed by atoms with Gasteiger partial charge in [-0.05, 0) is 43.4 Å². The van der Waals surface area contributed by atoms with Gasteiger partial charge in [0, 0.05) is 44.9 Å². The van der Waals surface area contributed by atoms with Gasteiger partial charge in [-0.1, -0.05) is 12.1 Å². The highest BCUT2D eigenvalue weighted by atomic mass is 19.1. The Balaban J connectivity index is 1.74. The number of nitrogens with two attached hydrogens (primary N) is 1. The number of carbonyl (C=O) groups excluding carboxylic acids is 1. The van der Waals surface area contributed by atoms with Crippen molar-refractivity contribution in [1.82, 2.24) is 5.32 Å². The minimum atomic E-state index is -0.534. The van der Waals surface area contributed by atoms with Crippen LogP contribution in [0.25, 0.3) is 0 Å². The second-order valence-corrected chi connectivity index (χ2v) is 7.18. The standard InChI is InChI=1S/C19H27FN2O3/c20-16-3-1-15(2-4-16)19(7-11-25-12-8-19)14-22-17(23)18(13-21)5-9-24-10-6-18/h1-4H,5-14,21H2,(H,22,23). The zero-order chi connectivity index (χ0) is 17.8. The molecule has 0 aromatic heterocycles. The first-order valence-electron chi connectivity index (χ1n) is 9.00. The Kier molecular flexibility index (Phi) is 5.71. The maximum atomic E-state index is 13.3. The number of carbonyl (C=O) groups is 1. The van der Waals surface area contributed by atoms with Crippen LogP contribution in [0, 0.1) is 11.2 Å². The zero-order valence-corrected chi connectivity index (χ0v) is 14.6. The summed E-state index contributed by atoms with van der Waals surface area (Å²) in [5, 5.41) is 3.14. The minimum absolute atomic E-state index is 0.00581. The lowest BCUT2D eigenvalue weighted by Crippen LogP contribution is -2.53. The third kappa shape index (κ3) is 3.86. The van der Waals surface area contributed by atoms with E-state index >= 15 is 0 Å². The highest BCUT2D eigenvalue weighted by molar-refractivity contribution is 5.83. The molecule has 0 aliphatic carbocycles. The summed E-state index contributed by atoms with van der Waals surface area (Å²) >= 11 is 0. The minimum Gasteiger partial charge on any atom is -0.381 e. The van der Waals surface area contributed by atoms with Crippen molar-refractivity contribution in [3.05, 3.63) is 35.6 Å². The molecule has 1 aromatic rings. The van der Waals surface area contributed by atoms with Gasteiger partial charge in [0.2, 0.25) is 5.91 Å². The van der Waals surface area contributed by atoms with E-state index < -0.39 is 5.41 Å². The van der Waals surface area contributed by atoms with Crippen molar-refractivity contribution < 1.29 is 18.7 Å². The molecule has 3 N–H and O–H groups in total. The topological polar surface area (TPSA) is 73.6 Å². The summed E-state index contributed by atoms with van der Waals surface area (Å²) in [6, 6.07) is 6.60. The van der Waals surface area contributed by atoms with Gasteiger partial charge in [-0.3, -0.25) is 4.79 Å². The van der Waals surface area contributed by atoms with E-state index in [1.807, 2.05) is 12.1 Å². The molecular weight excluding hydrogens is 323 g/mol. The van der Waals surface area contributed by atoms with E-state index in [0.717, 1.165) is 18.4 Å². The molecule has 0 atom stereocenters. The summed E-state index contributed by atoms with van der Waals surface area (Å²) in [5.41, 5.74) is 6.22. The van der Waals surface area contributed by atoms with Crippen molar-refractivity contribution in [2.45, 2.75) is 31.1 Å². The Labute approximate surface area is 148 Å². The molecule has 1 aromatic carbocycles. The molecular formula is C19H27FN2O3. The molecule has 3 rings (SSSR count). The van der Waals surface area contributed by atoms with E-state index in [2.05, 4.69) is 5.32 Å². The average Bonchev–Trinajstić information content (AvgIpc) is 2.68. The molecule has 138 valence electrons. The molecule has 0 saturated carbocycles. The summed E-state index contributed by atoms with van der Waals surface area (Å²) in [5.74, 6) is -0.245. The number of rotatable bonds is 5. The molecule has 2 heterocycles. The van der Waals surface area contributed by atoms with Gasteiger partial charge in [-0.15, -0.1) is 0 Å². The number of nitrogens with one attached hydrogen (secondary N) is 1. The van der Waals surface area contributed by atoms with Crippen LogP contribution in [-0.4, -0.2) is 45.4 Å². The Morgan fingerprint density at radius 2 is 1.60 bits per heavy atom. The van der Waals surface area contributed by atoms with E-state index in [9.17, 15) is 9.18 Å². The summed E-state index contributed by atoms with van der Waals surface area (Å²) < 4.78 is 24.2. The Morgan fingerprint density at radius 3 is 2.16 bits per heavy atom. The van der Waals surface area contributed by atoms with Crippen molar-refractivity contribution in [2.24, 2.45) is 11.1 Å². The highest BCUT2D eigenvalue weighted by Crippen LogP contribution is 2.35. The summed E-state index contributed by atoms with van der Waals surface area (Å²) in [6.45, 7) is 3.27. The number of benzene rings is 1. The SMILES string of the molecule is NCC1(C(=O)NCC2(c3ccc(F)cc3)CCOCC2)CCOCC1. The van der Waals surface area contributed by atoms with Gasteiger partial charge in [-0.2, -0.15) is 0 Å². The predicted molar refractivity (Wildman–Crippen MR) is 92.7 cm³/mol. The van der Waals surface area contributed by atoms with Crippen molar-refractivity contribution in [1.29, 1.82) is 0 Å². The first-order valence-corrected chi connectivity index (χ1v) is 9.00. The van der Waals surface area contributed by atoms with Crippen molar-refractivity contribution in [3.63, 3.8) is 0 Å². The third-order valence-electron chi connectivity index (χ3n) is 5.82. The van der Waals surface area contributed by atoms with Crippen LogP contribution in [0.2, 0.25) is 0 Å². The van der Waals surface area contributed by atoms with Crippen LogP contribution in [0.5, 0.6) is 0 Å². The Bertz CT molecular complexity index is 579.